The van der Waals surface area contributed by atoms with Gasteiger partial charge in [-0.2, -0.15) is 0 Å². The van der Waals surface area contributed by atoms with Crippen molar-refractivity contribution >= 4 is 21.4 Å². The monoisotopic (exact) mass is 376 g/mol. The van der Waals surface area contributed by atoms with Gasteiger partial charge in [-0.25, -0.2) is 13.1 Å². The number of anilines is 2. The Bertz CT molecular complexity index is 870. The number of methoxy groups -OCH3 is 2. The second-order valence-electron chi connectivity index (χ2n) is 6.50. The fourth-order valence-corrected chi connectivity index (χ4v) is 4.04. The summed E-state index contributed by atoms with van der Waals surface area (Å²) < 4.78 is 38.1. The molecule has 0 saturated heterocycles. The molecule has 0 aromatic heterocycles. The van der Waals surface area contributed by atoms with Crippen LogP contribution in [-0.4, -0.2) is 29.2 Å². The molecular formula is C19H24N2O4S. The van der Waals surface area contributed by atoms with Crippen molar-refractivity contribution in [3.05, 3.63) is 42.0 Å². The summed E-state index contributed by atoms with van der Waals surface area (Å²) in [7, 11) is -0.286. The lowest BCUT2D eigenvalue weighted by atomic mass is 10.2. The molecule has 26 heavy (non-hydrogen) atoms. The molecule has 0 unspecified atom stereocenters. The van der Waals surface area contributed by atoms with Crippen molar-refractivity contribution in [1.82, 2.24) is 4.72 Å². The van der Waals surface area contributed by atoms with E-state index in [2.05, 4.69) is 10.0 Å². The first-order valence-corrected chi connectivity index (χ1v) is 10.00. The van der Waals surface area contributed by atoms with Crippen LogP contribution in [0.2, 0.25) is 0 Å². The third-order valence-corrected chi connectivity index (χ3v) is 5.95. The van der Waals surface area contributed by atoms with Crippen LogP contribution in [0.1, 0.15) is 18.4 Å². The van der Waals surface area contributed by atoms with Gasteiger partial charge in [0.15, 0.2) is 0 Å². The summed E-state index contributed by atoms with van der Waals surface area (Å²) in [6, 6.07) is 10.7. The molecular weight excluding hydrogens is 352 g/mol. The minimum absolute atomic E-state index is 0.312. The number of ether oxygens (including phenoxy) is 2. The molecule has 1 aliphatic carbocycles. The summed E-state index contributed by atoms with van der Waals surface area (Å²) in [5.74, 6) is 1.84. The Labute approximate surface area is 154 Å². The average molecular weight is 376 g/mol. The Balaban J connectivity index is 1.79. The van der Waals surface area contributed by atoms with Gasteiger partial charge < -0.3 is 14.8 Å². The molecule has 140 valence electrons. The van der Waals surface area contributed by atoms with E-state index in [1.54, 1.807) is 39.3 Å². The van der Waals surface area contributed by atoms with Crippen LogP contribution in [-0.2, 0) is 10.0 Å². The third-order valence-electron chi connectivity index (χ3n) is 4.36. The summed E-state index contributed by atoms with van der Waals surface area (Å²) in [4.78, 5) is 0.312. The standard InChI is InChI=1S/C19H24N2O4S/c1-13-8-15(21-16-9-17(24-2)11-18(10-16)25-3)6-7-19(13)26(22,23)20-12-14-4-5-14/h6-11,14,20-21H,4-5,12H2,1-3H3. The zero-order valence-electron chi connectivity index (χ0n) is 15.2. The van der Waals surface area contributed by atoms with Crippen LogP contribution >= 0.6 is 0 Å². The average Bonchev–Trinajstić information content (AvgIpc) is 3.44. The Hall–Kier alpha value is -2.25. The molecule has 6 nitrogen and oxygen atoms in total. The van der Waals surface area contributed by atoms with Gasteiger partial charge in [0, 0.05) is 36.1 Å². The molecule has 0 radical (unpaired) electrons. The van der Waals surface area contributed by atoms with E-state index in [9.17, 15) is 8.42 Å². The maximum Gasteiger partial charge on any atom is 0.240 e. The maximum absolute atomic E-state index is 12.5. The number of hydrogen-bond donors (Lipinski definition) is 2. The molecule has 0 bridgehead atoms. The Morgan fingerprint density at radius 3 is 2.19 bits per heavy atom. The van der Waals surface area contributed by atoms with Crippen LogP contribution in [0.4, 0.5) is 11.4 Å². The third kappa shape index (κ3) is 4.47. The topological polar surface area (TPSA) is 76.7 Å². The van der Waals surface area contributed by atoms with Gasteiger partial charge in [0.25, 0.3) is 0 Å². The second kappa shape index (κ2) is 7.55. The van der Waals surface area contributed by atoms with Crippen molar-refractivity contribution in [2.24, 2.45) is 5.92 Å². The smallest absolute Gasteiger partial charge is 0.240 e. The van der Waals surface area contributed by atoms with Crippen molar-refractivity contribution < 1.29 is 17.9 Å². The van der Waals surface area contributed by atoms with Crippen LogP contribution in [0, 0.1) is 12.8 Å². The molecule has 0 heterocycles. The second-order valence-corrected chi connectivity index (χ2v) is 8.24. The first-order valence-electron chi connectivity index (χ1n) is 8.51. The van der Waals surface area contributed by atoms with Gasteiger partial charge in [0.2, 0.25) is 10.0 Å². The lowest BCUT2D eigenvalue weighted by Crippen LogP contribution is -2.26. The summed E-state index contributed by atoms with van der Waals surface area (Å²) in [5, 5.41) is 3.26. The number of rotatable bonds is 8. The van der Waals surface area contributed by atoms with Crippen molar-refractivity contribution in [2.75, 3.05) is 26.1 Å². The Kier molecular flexibility index (Phi) is 5.38. The van der Waals surface area contributed by atoms with Gasteiger partial charge in [0.1, 0.15) is 11.5 Å². The SMILES string of the molecule is COc1cc(Nc2ccc(S(=O)(=O)NCC3CC3)c(C)c2)cc(OC)c1. The van der Waals surface area contributed by atoms with Crippen LogP contribution in [0.5, 0.6) is 11.5 Å². The van der Waals surface area contributed by atoms with Crippen molar-refractivity contribution in [3.8, 4) is 11.5 Å². The highest BCUT2D eigenvalue weighted by molar-refractivity contribution is 7.89. The van der Waals surface area contributed by atoms with E-state index in [0.717, 1.165) is 24.2 Å². The van der Waals surface area contributed by atoms with Gasteiger partial charge in [0.05, 0.1) is 19.1 Å². The lowest BCUT2D eigenvalue weighted by molar-refractivity contribution is 0.395. The zero-order chi connectivity index (χ0) is 18.7. The van der Waals surface area contributed by atoms with Gasteiger partial charge in [-0.1, -0.05) is 0 Å². The summed E-state index contributed by atoms with van der Waals surface area (Å²) in [5.41, 5.74) is 2.27. The molecule has 0 aliphatic heterocycles. The van der Waals surface area contributed by atoms with E-state index < -0.39 is 10.0 Å². The van der Waals surface area contributed by atoms with E-state index >= 15 is 0 Å². The predicted octanol–water partition coefficient (Wildman–Crippen LogP) is 3.44. The van der Waals surface area contributed by atoms with E-state index in [4.69, 9.17) is 9.47 Å². The van der Waals surface area contributed by atoms with Gasteiger partial charge in [-0.3, -0.25) is 0 Å². The van der Waals surface area contributed by atoms with Gasteiger partial charge >= 0.3 is 0 Å². The van der Waals surface area contributed by atoms with Crippen molar-refractivity contribution in [3.63, 3.8) is 0 Å². The van der Waals surface area contributed by atoms with E-state index in [0.29, 0.717) is 34.4 Å². The number of nitrogens with one attached hydrogen (secondary N) is 2. The molecule has 0 spiro atoms. The van der Waals surface area contributed by atoms with Crippen LogP contribution in [0.25, 0.3) is 0 Å². The minimum atomic E-state index is -3.47. The lowest BCUT2D eigenvalue weighted by Gasteiger charge is -2.13. The molecule has 2 aromatic carbocycles. The van der Waals surface area contributed by atoms with Crippen LogP contribution < -0.4 is 19.5 Å². The first kappa shape index (κ1) is 18.5. The van der Waals surface area contributed by atoms with Crippen LogP contribution in [0.3, 0.4) is 0 Å². The normalized spacial score (nSPS) is 14.1. The highest BCUT2D eigenvalue weighted by atomic mass is 32.2. The molecule has 2 N–H and O–H groups in total. The molecule has 2 aromatic rings. The molecule has 0 amide bonds. The summed E-state index contributed by atoms with van der Waals surface area (Å²) in [6.07, 6.45) is 2.21. The van der Waals surface area contributed by atoms with E-state index in [1.165, 1.54) is 0 Å². The first-order chi connectivity index (χ1) is 12.4. The largest absolute Gasteiger partial charge is 0.497 e. The summed E-state index contributed by atoms with van der Waals surface area (Å²) in [6.45, 7) is 2.31. The van der Waals surface area contributed by atoms with E-state index in [1.807, 2.05) is 18.2 Å². The quantitative estimate of drug-likeness (QED) is 0.738. The molecule has 0 atom stereocenters. The molecule has 3 rings (SSSR count). The molecule has 1 fully saturated rings. The highest BCUT2D eigenvalue weighted by Gasteiger charge is 2.25. The van der Waals surface area contributed by atoms with Crippen molar-refractivity contribution in [1.29, 1.82) is 0 Å². The molecule has 1 saturated carbocycles. The predicted molar refractivity (Wildman–Crippen MR) is 102 cm³/mol. The zero-order valence-corrected chi connectivity index (χ0v) is 16.0. The highest BCUT2D eigenvalue weighted by Crippen LogP contribution is 2.30. The Morgan fingerprint density at radius 1 is 1.00 bits per heavy atom. The van der Waals surface area contributed by atoms with Crippen LogP contribution in [0.15, 0.2) is 41.3 Å². The van der Waals surface area contributed by atoms with Gasteiger partial charge in [-0.05, 0) is 49.4 Å². The fourth-order valence-electron chi connectivity index (χ4n) is 2.70. The molecule has 1 aliphatic rings. The fraction of sp³-hybridized carbons (Fsp3) is 0.368. The molecule has 7 heteroatoms. The van der Waals surface area contributed by atoms with E-state index in [-0.39, 0.29) is 0 Å². The number of sulfonamides is 1. The minimum Gasteiger partial charge on any atom is -0.497 e. The van der Waals surface area contributed by atoms with Gasteiger partial charge in [-0.15, -0.1) is 0 Å². The number of aryl methyl sites for hydroxylation is 1. The maximum atomic E-state index is 12.5. The van der Waals surface area contributed by atoms with Crippen molar-refractivity contribution in [2.45, 2.75) is 24.7 Å². The number of hydrogen-bond acceptors (Lipinski definition) is 5. The Morgan fingerprint density at radius 2 is 1.65 bits per heavy atom. The summed E-state index contributed by atoms with van der Waals surface area (Å²) >= 11 is 0. The number of benzene rings is 2.